The fourth-order valence-corrected chi connectivity index (χ4v) is 2.37. The van der Waals surface area contributed by atoms with E-state index in [0.29, 0.717) is 12.2 Å². The van der Waals surface area contributed by atoms with Gasteiger partial charge in [-0.15, -0.1) is 0 Å². The van der Waals surface area contributed by atoms with Crippen molar-refractivity contribution in [3.05, 3.63) is 51.8 Å². The van der Waals surface area contributed by atoms with Crippen LogP contribution in [0.3, 0.4) is 0 Å². The summed E-state index contributed by atoms with van der Waals surface area (Å²) >= 11 is 3.46. The van der Waals surface area contributed by atoms with Crippen molar-refractivity contribution in [2.45, 2.75) is 20.4 Å². The second kappa shape index (κ2) is 5.40. The van der Waals surface area contributed by atoms with Gasteiger partial charge in [0.25, 0.3) is 0 Å². The highest BCUT2D eigenvalue weighted by Crippen LogP contribution is 2.21. The Morgan fingerprint density at radius 3 is 2.72 bits per heavy atom. The minimum atomic E-state index is 0.222. The van der Waals surface area contributed by atoms with Gasteiger partial charge in [0, 0.05) is 15.9 Å². The van der Waals surface area contributed by atoms with Crippen LogP contribution >= 0.6 is 15.9 Å². The van der Waals surface area contributed by atoms with Crippen molar-refractivity contribution in [3.8, 4) is 5.75 Å². The molecule has 0 unspecified atom stereocenters. The summed E-state index contributed by atoms with van der Waals surface area (Å²) in [5.41, 5.74) is 3.74. The van der Waals surface area contributed by atoms with Crippen LogP contribution in [-0.2, 0) is 6.54 Å². The molecule has 0 saturated heterocycles. The zero-order valence-corrected chi connectivity index (χ0v) is 12.0. The number of nitrogens with one attached hydrogen (secondary N) is 1. The summed E-state index contributed by atoms with van der Waals surface area (Å²) in [6.45, 7) is 4.45. The van der Waals surface area contributed by atoms with Gasteiger partial charge in [-0.25, -0.2) is 0 Å². The monoisotopic (exact) mass is 306 g/mol. The molecule has 1 heterocycles. The molecule has 2 N–H and O–H groups in total. The normalized spacial score (nSPS) is 10.4. The van der Waals surface area contributed by atoms with Crippen molar-refractivity contribution in [1.29, 1.82) is 0 Å². The largest absolute Gasteiger partial charge is 0.506 e. The number of aromatic hydroxyl groups is 1. The maximum atomic E-state index is 9.71. The van der Waals surface area contributed by atoms with E-state index in [1.807, 2.05) is 26.0 Å². The quantitative estimate of drug-likeness (QED) is 0.907. The van der Waals surface area contributed by atoms with Gasteiger partial charge in [0.15, 0.2) is 0 Å². The molecule has 2 rings (SSSR count). The SMILES string of the molecule is Cc1cc(Br)cc(NCc2nc(C)ccc2O)c1. The Morgan fingerprint density at radius 1 is 1.22 bits per heavy atom. The molecule has 0 fully saturated rings. The van der Waals surface area contributed by atoms with E-state index < -0.39 is 0 Å². The Morgan fingerprint density at radius 2 is 2.00 bits per heavy atom. The lowest BCUT2D eigenvalue weighted by Crippen LogP contribution is -2.03. The van der Waals surface area contributed by atoms with Crippen molar-refractivity contribution in [2.24, 2.45) is 0 Å². The van der Waals surface area contributed by atoms with Crippen LogP contribution in [0.5, 0.6) is 5.75 Å². The molecule has 0 spiro atoms. The van der Waals surface area contributed by atoms with E-state index in [2.05, 4.69) is 32.3 Å². The lowest BCUT2D eigenvalue weighted by molar-refractivity contribution is 0.464. The average molecular weight is 307 g/mol. The fourth-order valence-electron chi connectivity index (χ4n) is 1.76. The molecule has 0 saturated carbocycles. The third-order valence-electron chi connectivity index (χ3n) is 2.59. The number of anilines is 1. The highest BCUT2D eigenvalue weighted by atomic mass is 79.9. The van der Waals surface area contributed by atoms with Crippen molar-refractivity contribution in [1.82, 2.24) is 4.98 Å². The number of aryl methyl sites for hydroxylation is 2. The van der Waals surface area contributed by atoms with Crippen molar-refractivity contribution >= 4 is 21.6 Å². The maximum absolute atomic E-state index is 9.71. The van der Waals surface area contributed by atoms with Crippen molar-refractivity contribution < 1.29 is 5.11 Å². The molecule has 1 aromatic heterocycles. The first-order valence-corrected chi connectivity index (χ1v) is 6.50. The molecule has 2 aromatic rings. The number of halogens is 1. The van der Waals surface area contributed by atoms with E-state index in [-0.39, 0.29) is 5.75 Å². The first-order chi connectivity index (χ1) is 8.54. The van der Waals surface area contributed by atoms with Crippen LogP contribution < -0.4 is 5.32 Å². The number of hydrogen-bond acceptors (Lipinski definition) is 3. The van der Waals surface area contributed by atoms with Gasteiger partial charge in [0.1, 0.15) is 11.4 Å². The van der Waals surface area contributed by atoms with Crippen molar-refractivity contribution in [2.75, 3.05) is 5.32 Å². The lowest BCUT2D eigenvalue weighted by atomic mass is 10.2. The number of pyridine rings is 1. The van der Waals surface area contributed by atoms with Gasteiger partial charge in [-0.1, -0.05) is 15.9 Å². The molecule has 0 bridgehead atoms. The minimum absolute atomic E-state index is 0.222. The molecule has 0 aliphatic heterocycles. The van der Waals surface area contributed by atoms with Gasteiger partial charge >= 0.3 is 0 Å². The molecular weight excluding hydrogens is 292 g/mol. The summed E-state index contributed by atoms with van der Waals surface area (Å²) in [5.74, 6) is 0.222. The Kier molecular flexibility index (Phi) is 3.87. The topological polar surface area (TPSA) is 45.2 Å². The molecule has 0 aliphatic carbocycles. The molecule has 3 nitrogen and oxygen atoms in total. The van der Waals surface area contributed by atoms with Gasteiger partial charge < -0.3 is 10.4 Å². The van der Waals surface area contributed by atoms with Crippen molar-refractivity contribution in [3.63, 3.8) is 0 Å². The fraction of sp³-hybridized carbons (Fsp3) is 0.214. The first kappa shape index (κ1) is 12.9. The van der Waals surface area contributed by atoms with Crippen LogP contribution in [0.4, 0.5) is 5.69 Å². The molecule has 18 heavy (non-hydrogen) atoms. The van der Waals surface area contributed by atoms with Crippen LogP contribution in [0.1, 0.15) is 17.0 Å². The molecule has 94 valence electrons. The van der Waals surface area contributed by atoms with Crippen LogP contribution in [0.25, 0.3) is 0 Å². The zero-order valence-electron chi connectivity index (χ0n) is 10.4. The average Bonchev–Trinajstić information content (AvgIpc) is 2.29. The summed E-state index contributed by atoms with van der Waals surface area (Å²) in [7, 11) is 0. The van der Waals surface area contributed by atoms with Crippen LogP contribution in [0, 0.1) is 13.8 Å². The predicted octanol–water partition coefficient (Wildman–Crippen LogP) is 3.78. The number of benzene rings is 1. The summed E-state index contributed by atoms with van der Waals surface area (Å²) < 4.78 is 1.03. The molecule has 4 heteroatoms. The standard InChI is InChI=1S/C14H15BrN2O/c1-9-5-11(15)7-12(6-9)16-8-13-14(18)4-3-10(2)17-13/h3-7,16,18H,8H2,1-2H3. The Bertz CT molecular complexity index is 549. The molecular formula is C14H15BrN2O. The van der Waals surface area contributed by atoms with E-state index in [9.17, 15) is 5.11 Å². The van der Waals surface area contributed by atoms with E-state index in [4.69, 9.17) is 0 Å². The molecule has 1 aromatic carbocycles. The second-order valence-electron chi connectivity index (χ2n) is 4.29. The van der Waals surface area contributed by atoms with Gasteiger partial charge in [0.2, 0.25) is 0 Å². The van der Waals surface area contributed by atoms with Gasteiger partial charge in [-0.2, -0.15) is 0 Å². The highest BCUT2D eigenvalue weighted by molar-refractivity contribution is 9.10. The lowest BCUT2D eigenvalue weighted by Gasteiger charge is -2.09. The third kappa shape index (κ3) is 3.23. The zero-order chi connectivity index (χ0) is 13.1. The summed E-state index contributed by atoms with van der Waals surface area (Å²) in [6, 6.07) is 9.57. The first-order valence-electron chi connectivity index (χ1n) is 5.71. The van der Waals surface area contributed by atoms with Crippen LogP contribution in [0.15, 0.2) is 34.8 Å². The molecule has 0 aliphatic rings. The minimum Gasteiger partial charge on any atom is -0.506 e. The maximum Gasteiger partial charge on any atom is 0.138 e. The molecule has 0 atom stereocenters. The van der Waals surface area contributed by atoms with Gasteiger partial charge in [-0.3, -0.25) is 4.98 Å². The number of rotatable bonds is 3. The third-order valence-corrected chi connectivity index (χ3v) is 3.05. The highest BCUT2D eigenvalue weighted by Gasteiger charge is 2.03. The number of nitrogens with zero attached hydrogens (tertiary/aromatic N) is 1. The van der Waals surface area contributed by atoms with Gasteiger partial charge in [0.05, 0.1) is 6.54 Å². The second-order valence-corrected chi connectivity index (χ2v) is 5.20. The Balaban J connectivity index is 2.13. The molecule has 0 radical (unpaired) electrons. The number of aromatic nitrogens is 1. The van der Waals surface area contributed by atoms with E-state index >= 15 is 0 Å². The smallest absolute Gasteiger partial charge is 0.138 e. The Labute approximate surface area is 115 Å². The van der Waals surface area contributed by atoms with E-state index in [0.717, 1.165) is 15.9 Å². The number of hydrogen-bond donors (Lipinski definition) is 2. The Hall–Kier alpha value is -1.55. The predicted molar refractivity (Wildman–Crippen MR) is 76.8 cm³/mol. The summed E-state index contributed by atoms with van der Waals surface area (Å²) in [4.78, 5) is 4.31. The van der Waals surface area contributed by atoms with E-state index in [1.54, 1.807) is 12.1 Å². The van der Waals surface area contributed by atoms with E-state index in [1.165, 1.54) is 5.56 Å². The summed E-state index contributed by atoms with van der Waals surface area (Å²) in [5, 5.41) is 13.0. The summed E-state index contributed by atoms with van der Waals surface area (Å²) in [6.07, 6.45) is 0. The molecule has 0 amide bonds. The van der Waals surface area contributed by atoms with Crippen LogP contribution in [0.2, 0.25) is 0 Å². The van der Waals surface area contributed by atoms with Crippen LogP contribution in [-0.4, -0.2) is 10.1 Å². The van der Waals surface area contributed by atoms with Gasteiger partial charge in [-0.05, 0) is 49.7 Å².